The van der Waals surface area contributed by atoms with Crippen LogP contribution in [0.4, 0.5) is 0 Å². The van der Waals surface area contributed by atoms with Crippen molar-refractivity contribution in [2.75, 3.05) is 0 Å². The number of amides is 1. The Kier molecular flexibility index (Phi) is 2.99. The Labute approximate surface area is 97.8 Å². The first-order valence-corrected chi connectivity index (χ1v) is 6.46. The first-order valence-electron chi connectivity index (χ1n) is 6.46. The summed E-state index contributed by atoms with van der Waals surface area (Å²) < 4.78 is 0. The van der Waals surface area contributed by atoms with Gasteiger partial charge in [-0.3, -0.25) is 4.79 Å². The summed E-state index contributed by atoms with van der Waals surface area (Å²) in [6.45, 7) is 6.12. The second-order valence-corrected chi connectivity index (χ2v) is 5.96. The minimum Gasteiger partial charge on any atom is -0.393 e. The van der Waals surface area contributed by atoms with Crippen molar-refractivity contribution < 1.29 is 9.90 Å². The van der Waals surface area contributed by atoms with Crippen molar-refractivity contribution in [2.24, 2.45) is 5.41 Å². The summed E-state index contributed by atoms with van der Waals surface area (Å²) in [5.41, 5.74) is -0.247. The van der Waals surface area contributed by atoms with Crippen molar-refractivity contribution in [3.63, 3.8) is 0 Å². The van der Waals surface area contributed by atoms with E-state index in [2.05, 4.69) is 11.8 Å². The second-order valence-electron chi connectivity index (χ2n) is 5.96. The van der Waals surface area contributed by atoms with Crippen LogP contribution < -0.4 is 0 Å². The predicted molar refractivity (Wildman–Crippen MR) is 63.0 cm³/mol. The molecule has 0 spiro atoms. The van der Waals surface area contributed by atoms with Gasteiger partial charge in [-0.25, -0.2) is 0 Å². The van der Waals surface area contributed by atoms with Crippen molar-refractivity contribution in [3.05, 3.63) is 0 Å². The van der Waals surface area contributed by atoms with Gasteiger partial charge in [-0.1, -0.05) is 20.8 Å². The van der Waals surface area contributed by atoms with Gasteiger partial charge in [-0.05, 0) is 32.1 Å². The minimum atomic E-state index is -0.247. The summed E-state index contributed by atoms with van der Waals surface area (Å²) in [5.74, 6) is 0.286. The monoisotopic (exact) mass is 225 g/mol. The van der Waals surface area contributed by atoms with Crippen LogP contribution in [0.5, 0.6) is 0 Å². The number of rotatable bonds is 2. The molecule has 1 N–H and O–H groups in total. The van der Waals surface area contributed by atoms with Crippen LogP contribution in [0, 0.1) is 5.41 Å². The second kappa shape index (κ2) is 4.02. The molecule has 2 saturated heterocycles. The summed E-state index contributed by atoms with van der Waals surface area (Å²) in [5, 5.41) is 9.71. The molecule has 2 aliphatic heterocycles. The van der Waals surface area contributed by atoms with Gasteiger partial charge in [0.25, 0.3) is 0 Å². The molecule has 1 amide bonds. The lowest BCUT2D eigenvalue weighted by Crippen LogP contribution is -2.52. The predicted octanol–water partition coefficient (Wildman–Crippen LogP) is 1.94. The number of aliphatic hydroxyl groups excluding tert-OH is 1. The van der Waals surface area contributed by atoms with E-state index in [4.69, 9.17) is 0 Å². The van der Waals surface area contributed by atoms with Crippen LogP contribution in [-0.4, -0.2) is 34.1 Å². The summed E-state index contributed by atoms with van der Waals surface area (Å²) >= 11 is 0. The first-order chi connectivity index (χ1) is 7.45. The van der Waals surface area contributed by atoms with Gasteiger partial charge in [0.1, 0.15) is 0 Å². The molecule has 0 radical (unpaired) electrons. The normalized spacial score (nSPS) is 34.2. The van der Waals surface area contributed by atoms with Crippen molar-refractivity contribution in [1.82, 2.24) is 4.90 Å². The van der Waals surface area contributed by atoms with Crippen molar-refractivity contribution in [3.8, 4) is 0 Å². The molecule has 0 aromatic heterocycles. The fourth-order valence-corrected chi connectivity index (χ4v) is 2.98. The molecule has 0 saturated carbocycles. The highest BCUT2D eigenvalue weighted by molar-refractivity contribution is 5.83. The molecule has 0 aromatic rings. The highest BCUT2D eigenvalue weighted by Crippen LogP contribution is 2.39. The van der Waals surface area contributed by atoms with Crippen LogP contribution in [0.25, 0.3) is 0 Å². The molecule has 2 rings (SSSR count). The maximum Gasteiger partial charge on any atom is 0.228 e. The van der Waals surface area contributed by atoms with Crippen molar-refractivity contribution in [1.29, 1.82) is 0 Å². The van der Waals surface area contributed by atoms with Crippen LogP contribution >= 0.6 is 0 Å². The fourth-order valence-electron chi connectivity index (χ4n) is 2.98. The van der Waals surface area contributed by atoms with E-state index in [1.807, 2.05) is 13.8 Å². The van der Waals surface area contributed by atoms with Gasteiger partial charge in [0.2, 0.25) is 5.91 Å². The number of carbonyl (C=O) groups excluding carboxylic acids is 1. The molecule has 0 aromatic carbocycles. The molecule has 3 nitrogen and oxygen atoms in total. The largest absolute Gasteiger partial charge is 0.393 e. The van der Waals surface area contributed by atoms with E-state index in [-0.39, 0.29) is 17.4 Å². The van der Waals surface area contributed by atoms with Crippen LogP contribution in [0.15, 0.2) is 0 Å². The van der Waals surface area contributed by atoms with Gasteiger partial charge in [0.05, 0.1) is 6.10 Å². The summed E-state index contributed by atoms with van der Waals surface area (Å²) in [4.78, 5) is 14.5. The molecule has 2 fully saturated rings. The lowest BCUT2D eigenvalue weighted by molar-refractivity contribution is -0.147. The highest BCUT2D eigenvalue weighted by atomic mass is 16.3. The molecule has 2 aliphatic rings. The molecule has 3 heteroatoms. The average Bonchev–Trinajstić information content (AvgIpc) is 2.50. The lowest BCUT2D eigenvalue weighted by atomic mass is 9.86. The van der Waals surface area contributed by atoms with E-state index in [0.717, 1.165) is 32.1 Å². The topological polar surface area (TPSA) is 40.5 Å². The average molecular weight is 225 g/mol. The van der Waals surface area contributed by atoms with E-state index in [0.29, 0.717) is 12.1 Å². The standard InChI is InChI=1S/C13H23NO2/c1-4-13(2,3)12(16)14-9-5-6-10(14)8-11(15)7-9/h9-11,15H,4-8H2,1-3H3. The SMILES string of the molecule is CCC(C)(C)C(=O)N1C2CCC1CC(O)C2. The maximum atomic E-state index is 12.5. The van der Waals surface area contributed by atoms with Gasteiger partial charge < -0.3 is 10.0 Å². The Bertz CT molecular complexity index is 274. The Morgan fingerprint density at radius 3 is 2.25 bits per heavy atom. The van der Waals surface area contributed by atoms with Crippen LogP contribution in [0.2, 0.25) is 0 Å². The minimum absolute atomic E-state index is 0.189. The van der Waals surface area contributed by atoms with Gasteiger partial charge in [0.15, 0.2) is 0 Å². The van der Waals surface area contributed by atoms with E-state index in [1.54, 1.807) is 0 Å². The highest BCUT2D eigenvalue weighted by Gasteiger charge is 2.45. The zero-order valence-electron chi connectivity index (χ0n) is 10.6. The number of fused-ring (bicyclic) bond motifs is 2. The Morgan fingerprint density at radius 2 is 1.81 bits per heavy atom. The van der Waals surface area contributed by atoms with Gasteiger partial charge in [-0.15, -0.1) is 0 Å². The van der Waals surface area contributed by atoms with Crippen LogP contribution in [0.1, 0.15) is 52.9 Å². The first kappa shape index (κ1) is 11.9. The van der Waals surface area contributed by atoms with Crippen LogP contribution in [0.3, 0.4) is 0 Å². The number of hydrogen-bond donors (Lipinski definition) is 1. The van der Waals surface area contributed by atoms with Gasteiger partial charge in [0, 0.05) is 17.5 Å². The van der Waals surface area contributed by atoms with Gasteiger partial charge >= 0.3 is 0 Å². The Balaban J connectivity index is 2.14. The number of hydrogen-bond acceptors (Lipinski definition) is 2. The number of aliphatic hydroxyl groups is 1. The smallest absolute Gasteiger partial charge is 0.228 e. The molecular formula is C13H23NO2. The van der Waals surface area contributed by atoms with E-state index >= 15 is 0 Å². The third-order valence-corrected chi connectivity index (χ3v) is 4.41. The molecular weight excluding hydrogens is 202 g/mol. The molecule has 2 unspecified atom stereocenters. The van der Waals surface area contributed by atoms with E-state index in [9.17, 15) is 9.90 Å². The van der Waals surface area contributed by atoms with Crippen molar-refractivity contribution in [2.45, 2.75) is 71.1 Å². The number of carbonyl (C=O) groups is 1. The molecule has 2 bridgehead atoms. The fraction of sp³-hybridized carbons (Fsp3) is 0.923. The summed E-state index contributed by atoms with van der Waals surface area (Å²) in [7, 11) is 0. The number of nitrogens with zero attached hydrogens (tertiary/aromatic N) is 1. The maximum absolute atomic E-state index is 12.5. The van der Waals surface area contributed by atoms with E-state index in [1.165, 1.54) is 0 Å². The quantitative estimate of drug-likeness (QED) is 0.780. The Hall–Kier alpha value is -0.570. The van der Waals surface area contributed by atoms with Crippen molar-refractivity contribution >= 4 is 5.91 Å². The van der Waals surface area contributed by atoms with E-state index < -0.39 is 0 Å². The molecule has 2 atom stereocenters. The third kappa shape index (κ3) is 1.86. The van der Waals surface area contributed by atoms with Gasteiger partial charge in [-0.2, -0.15) is 0 Å². The molecule has 2 heterocycles. The zero-order chi connectivity index (χ0) is 11.9. The lowest BCUT2D eigenvalue weighted by Gasteiger charge is -2.41. The summed E-state index contributed by atoms with van der Waals surface area (Å²) in [6, 6.07) is 0.596. The molecule has 0 aliphatic carbocycles. The van der Waals surface area contributed by atoms with Crippen LogP contribution in [-0.2, 0) is 4.79 Å². The molecule has 16 heavy (non-hydrogen) atoms. The number of piperidine rings is 1. The summed E-state index contributed by atoms with van der Waals surface area (Å²) in [6.07, 6.45) is 4.40. The molecule has 92 valence electrons. The third-order valence-electron chi connectivity index (χ3n) is 4.41. The zero-order valence-corrected chi connectivity index (χ0v) is 10.6. The Morgan fingerprint density at radius 1 is 1.31 bits per heavy atom.